The molecule has 0 saturated carbocycles. The predicted octanol–water partition coefficient (Wildman–Crippen LogP) is -0.0566. The van der Waals surface area contributed by atoms with Crippen molar-refractivity contribution in [2.75, 3.05) is 18.9 Å². The van der Waals surface area contributed by atoms with Crippen LogP contribution in [0.2, 0.25) is 0 Å². The van der Waals surface area contributed by atoms with E-state index in [1.165, 1.54) is 0 Å². The summed E-state index contributed by atoms with van der Waals surface area (Å²) < 4.78 is 0. The monoisotopic (exact) mass is 207 g/mol. The molecule has 0 heterocycles. The third kappa shape index (κ3) is 2.98. The van der Waals surface area contributed by atoms with Crippen LogP contribution in [0.3, 0.4) is 0 Å². The smallest absolute Gasteiger partial charge is 0.250 e. The Morgan fingerprint density at radius 3 is 2.60 bits per heavy atom. The number of hydrogen-bond acceptors (Lipinski definition) is 3. The molecular weight excluding hydrogens is 194 g/mol. The lowest BCUT2D eigenvalue weighted by Crippen LogP contribution is -2.27. The molecule has 0 saturated heterocycles. The van der Waals surface area contributed by atoms with Crippen LogP contribution < -0.4 is 16.4 Å². The normalized spacial score (nSPS) is 9.40. The molecular formula is C10H13N3O2. The zero-order chi connectivity index (χ0) is 11.3. The molecule has 15 heavy (non-hydrogen) atoms. The number of para-hydroxylation sites is 1. The minimum atomic E-state index is -0.519. The van der Waals surface area contributed by atoms with Crippen molar-refractivity contribution in [3.8, 4) is 0 Å². The lowest BCUT2D eigenvalue weighted by atomic mass is 10.1. The number of benzene rings is 1. The summed E-state index contributed by atoms with van der Waals surface area (Å²) in [6, 6.07) is 6.78. The van der Waals surface area contributed by atoms with Gasteiger partial charge in [0.25, 0.3) is 5.91 Å². The number of primary amides is 1. The van der Waals surface area contributed by atoms with Crippen LogP contribution in [0.1, 0.15) is 10.4 Å². The Kier molecular flexibility index (Phi) is 3.68. The summed E-state index contributed by atoms with van der Waals surface area (Å²) in [4.78, 5) is 22.0. The zero-order valence-corrected chi connectivity index (χ0v) is 8.41. The van der Waals surface area contributed by atoms with E-state index in [9.17, 15) is 9.59 Å². The van der Waals surface area contributed by atoms with Gasteiger partial charge >= 0.3 is 0 Å². The average Bonchev–Trinajstić information content (AvgIpc) is 2.26. The maximum atomic E-state index is 11.0. The first-order chi connectivity index (χ1) is 7.15. The quantitative estimate of drug-likeness (QED) is 0.646. The topological polar surface area (TPSA) is 84.2 Å². The highest BCUT2D eigenvalue weighted by atomic mass is 16.2. The molecule has 0 unspecified atom stereocenters. The number of hydrogen-bond donors (Lipinski definition) is 3. The van der Waals surface area contributed by atoms with Gasteiger partial charge in [-0.05, 0) is 12.1 Å². The number of anilines is 1. The van der Waals surface area contributed by atoms with E-state index < -0.39 is 5.91 Å². The Balaban J connectivity index is 2.76. The van der Waals surface area contributed by atoms with Gasteiger partial charge in [-0.15, -0.1) is 0 Å². The summed E-state index contributed by atoms with van der Waals surface area (Å²) in [6.45, 7) is 0.112. The fourth-order valence-electron chi connectivity index (χ4n) is 1.12. The molecule has 4 N–H and O–H groups in total. The van der Waals surface area contributed by atoms with Gasteiger partial charge in [0.2, 0.25) is 5.91 Å². The summed E-state index contributed by atoms with van der Waals surface area (Å²) in [5.74, 6) is -0.677. The zero-order valence-electron chi connectivity index (χ0n) is 8.41. The molecule has 1 aromatic rings. The third-order valence-electron chi connectivity index (χ3n) is 1.91. The molecule has 5 nitrogen and oxygen atoms in total. The number of carbonyl (C=O) groups is 2. The van der Waals surface area contributed by atoms with Crippen LogP contribution in [0.25, 0.3) is 0 Å². The van der Waals surface area contributed by atoms with Crippen LogP contribution in [0.15, 0.2) is 24.3 Å². The number of likely N-dealkylation sites (N-methyl/N-ethyl adjacent to an activating group) is 1. The lowest BCUT2D eigenvalue weighted by Gasteiger charge is -2.08. The molecule has 1 rings (SSSR count). The molecule has 1 aromatic carbocycles. The first-order valence-electron chi connectivity index (χ1n) is 4.48. The maximum Gasteiger partial charge on any atom is 0.250 e. The van der Waals surface area contributed by atoms with Crippen LogP contribution in [0.5, 0.6) is 0 Å². The van der Waals surface area contributed by atoms with Gasteiger partial charge in [0.1, 0.15) is 0 Å². The van der Waals surface area contributed by atoms with E-state index in [4.69, 9.17) is 5.73 Å². The molecule has 0 bridgehead atoms. The maximum absolute atomic E-state index is 11.0. The third-order valence-corrected chi connectivity index (χ3v) is 1.91. The van der Waals surface area contributed by atoms with Gasteiger partial charge in [0, 0.05) is 12.7 Å². The van der Waals surface area contributed by atoms with Gasteiger partial charge in [-0.25, -0.2) is 0 Å². The van der Waals surface area contributed by atoms with E-state index in [2.05, 4.69) is 10.6 Å². The molecule has 0 aromatic heterocycles. The first kappa shape index (κ1) is 11.0. The van der Waals surface area contributed by atoms with Crippen LogP contribution in [-0.4, -0.2) is 25.4 Å². The molecule has 80 valence electrons. The van der Waals surface area contributed by atoms with E-state index in [-0.39, 0.29) is 12.5 Å². The van der Waals surface area contributed by atoms with Crippen molar-refractivity contribution in [2.45, 2.75) is 0 Å². The molecule has 0 aliphatic carbocycles. The molecule has 0 spiro atoms. The fourth-order valence-corrected chi connectivity index (χ4v) is 1.12. The van der Waals surface area contributed by atoms with Gasteiger partial charge in [-0.1, -0.05) is 12.1 Å². The average molecular weight is 207 g/mol. The second-order valence-electron chi connectivity index (χ2n) is 2.94. The highest BCUT2D eigenvalue weighted by Gasteiger charge is 2.07. The summed E-state index contributed by atoms with van der Waals surface area (Å²) in [6.07, 6.45) is 0. The van der Waals surface area contributed by atoms with Crippen LogP contribution in [0, 0.1) is 0 Å². The molecule has 2 amide bonds. The van der Waals surface area contributed by atoms with Crippen LogP contribution in [-0.2, 0) is 4.79 Å². The van der Waals surface area contributed by atoms with Gasteiger partial charge in [-0.3, -0.25) is 9.59 Å². The Labute approximate surface area is 87.7 Å². The molecule has 0 atom stereocenters. The SMILES string of the molecule is CNC(=O)CNc1ccccc1C(N)=O. The van der Waals surface area contributed by atoms with Crippen LogP contribution >= 0.6 is 0 Å². The standard InChI is InChI=1S/C10H13N3O2/c1-12-9(14)6-13-8-5-3-2-4-7(8)10(11)15/h2-5,13H,6H2,1H3,(H2,11,15)(H,12,14). The van der Waals surface area contributed by atoms with Crippen molar-refractivity contribution in [1.29, 1.82) is 0 Å². The van der Waals surface area contributed by atoms with Crippen molar-refractivity contribution in [1.82, 2.24) is 5.32 Å². The lowest BCUT2D eigenvalue weighted by molar-refractivity contribution is -0.118. The Morgan fingerprint density at radius 1 is 1.33 bits per heavy atom. The molecule has 0 aliphatic rings. The Hall–Kier alpha value is -2.04. The Bertz CT molecular complexity index is 377. The highest BCUT2D eigenvalue weighted by Crippen LogP contribution is 2.13. The second kappa shape index (κ2) is 4.99. The number of rotatable bonds is 4. The van der Waals surface area contributed by atoms with Gasteiger partial charge in [-0.2, -0.15) is 0 Å². The summed E-state index contributed by atoms with van der Waals surface area (Å²) in [5, 5.41) is 5.30. The molecule has 5 heteroatoms. The molecule has 0 fully saturated rings. The van der Waals surface area contributed by atoms with E-state index in [1.54, 1.807) is 31.3 Å². The number of carbonyl (C=O) groups excluding carboxylic acids is 2. The summed E-state index contributed by atoms with van der Waals surface area (Å²) >= 11 is 0. The fraction of sp³-hybridized carbons (Fsp3) is 0.200. The van der Waals surface area contributed by atoms with Crippen molar-refractivity contribution >= 4 is 17.5 Å². The van der Waals surface area contributed by atoms with Crippen molar-refractivity contribution in [3.63, 3.8) is 0 Å². The van der Waals surface area contributed by atoms with E-state index in [0.29, 0.717) is 11.3 Å². The predicted molar refractivity (Wildman–Crippen MR) is 57.5 cm³/mol. The summed E-state index contributed by atoms with van der Waals surface area (Å²) in [5.41, 5.74) is 6.11. The van der Waals surface area contributed by atoms with Gasteiger partial charge < -0.3 is 16.4 Å². The summed E-state index contributed by atoms with van der Waals surface area (Å²) in [7, 11) is 1.55. The number of nitrogens with two attached hydrogens (primary N) is 1. The van der Waals surface area contributed by atoms with E-state index in [1.807, 2.05) is 0 Å². The second-order valence-corrected chi connectivity index (χ2v) is 2.94. The molecule has 0 radical (unpaired) electrons. The number of amides is 2. The highest BCUT2D eigenvalue weighted by molar-refractivity contribution is 5.98. The van der Waals surface area contributed by atoms with Crippen molar-refractivity contribution in [2.24, 2.45) is 5.73 Å². The van der Waals surface area contributed by atoms with Crippen LogP contribution in [0.4, 0.5) is 5.69 Å². The number of nitrogens with one attached hydrogen (secondary N) is 2. The Morgan fingerprint density at radius 2 is 2.00 bits per heavy atom. The van der Waals surface area contributed by atoms with E-state index in [0.717, 1.165) is 0 Å². The molecule has 0 aliphatic heterocycles. The minimum Gasteiger partial charge on any atom is -0.376 e. The van der Waals surface area contributed by atoms with Crippen molar-refractivity contribution in [3.05, 3.63) is 29.8 Å². The van der Waals surface area contributed by atoms with E-state index >= 15 is 0 Å². The van der Waals surface area contributed by atoms with Crippen molar-refractivity contribution < 1.29 is 9.59 Å². The largest absolute Gasteiger partial charge is 0.376 e. The first-order valence-corrected chi connectivity index (χ1v) is 4.48. The minimum absolute atomic E-state index is 0.112. The van der Waals surface area contributed by atoms with Gasteiger partial charge in [0.15, 0.2) is 0 Å². The van der Waals surface area contributed by atoms with Gasteiger partial charge in [0.05, 0.1) is 12.1 Å².